The Morgan fingerprint density at radius 1 is 1.64 bits per heavy atom. The first-order valence-corrected chi connectivity index (χ1v) is 5.17. The summed E-state index contributed by atoms with van der Waals surface area (Å²) in [6, 6.07) is 0.321. The van der Waals surface area contributed by atoms with E-state index in [1.54, 1.807) is 0 Å². The van der Waals surface area contributed by atoms with Gasteiger partial charge in [-0.15, -0.1) is 0 Å². The normalized spacial score (nSPS) is 27.8. The van der Waals surface area contributed by atoms with Crippen molar-refractivity contribution in [2.45, 2.75) is 38.8 Å². The molecule has 0 radical (unpaired) electrons. The number of aliphatic imine (C=N–C) groups is 1. The van der Waals surface area contributed by atoms with Gasteiger partial charge in [0, 0.05) is 13.2 Å². The number of ether oxygens (including phenoxy) is 1. The van der Waals surface area contributed by atoms with Crippen molar-refractivity contribution in [2.24, 2.45) is 10.8 Å². The minimum Gasteiger partial charge on any atom is -0.376 e. The van der Waals surface area contributed by atoms with Gasteiger partial charge in [-0.1, -0.05) is 6.92 Å². The summed E-state index contributed by atoms with van der Waals surface area (Å²) in [4.78, 5) is 4.27. The summed E-state index contributed by atoms with van der Waals surface area (Å²) in [7, 11) is 0. The highest BCUT2D eigenvalue weighted by atomic mass is 16.5. The summed E-state index contributed by atoms with van der Waals surface area (Å²) >= 11 is 0. The second-order valence-corrected chi connectivity index (χ2v) is 3.49. The first-order valence-electron chi connectivity index (χ1n) is 5.17. The lowest BCUT2D eigenvalue weighted by atomic mass is 10.2. The van der Waals surface area contributed by atoms with E-state index >= 15 is 0 Å². The molecule has 1 rings (SSSR count). The van der Waals surface area contributed by atoms with E-state index < -0.39 is 0 Å². The van der Waals surface area contributed by atoms with Gasteiger partial charge in [0.05, 0.1) is 12.1 Å². The van der Waals surface area contributed by atoms with Gasteiger partial charge in [0.2, 0.25) is 5.96 Å². The van der Waals surface area contributed by atoms with Crippen LogP contribution < -0.4 is 16.6 Å². The molecule has 1 aliphatic heterocycles. The number of hydrazine groups is 1. The molecular formula is C9H20N4O. The lowest BCUT2D eigenvalue weighted by molar-refractivity contribution is 0.116. The van der Waals surface area contributed by atoms with Crippen LogP contribution in [0, 0.1) is 0 Å². The van der Waals surface area contributed by atoms with E-state index in [4.69, 9.17) is 10.6 Å². The molecule has 0 aliphatic carbocycles. The van der Waals surface area contributed by atoms with E-state index in [0.29, 0.717) is 12.0 Å². The van der Waals surface area contributed by atoms with Crippen LogP contribution in [0.5, 0.6) is 0 Å². The molecule has 1 fully saturated rings. The van der Waals surface area contributed by atoms with E-state index in [1.807, 2.05) is 0 Å². The fourth-order valence-electron chi connectivity index (χ4n) is 1.45. The van der Waals surface area contributed by atoms with Gasteiger partial charge in [0.1, 0.15) is 0 Å². The van der Waals surface area contributed by atoms with Crippen LogP contribution in [0.25, 0.3) is 0 Å². The molecule has 5 nitrogen and oxygen atoms in total. The van der Waals surface area contributed by atoms with Crippen molar-refractivity contribution in [1.29, 1.82) is 0 Å². The summed E-state index contributed by atoms with van der Waals surface area (Å²) < 4.78 is 5.43. The zero-order valence-electron chi connectivity index (χ0n) is 8.92. The van der Waals surface area contributed by atoms with Gasteiger partial charge in [-0.3, -0.25) is 10.4 Å². The first kappa shape index (κ1) is 11.3. The molecule has 0 amide bonds. The molecule has 5 heteroatoms. The molecule has 82 valence electrons. The van der Waals surface area contributed by atoms with E-state index in [9.17, 15) is 0 Å². The molecule has 4 N–H and O–H groups in total. The summed E-state index contributed by atoms with van der Waals surface area (Å²) in [6.07, 6.45) is 2.26. The highest BCUT2D eigenvalue weighted by Gasteiger charge is 2.24. The molecule has 0 aromatic heterocycles. The Kier molecular flexibility index (Phi) is 4.69. The van der Waals surface area contributed by atoms with E-state index in [2.05, 4.69) is 29.6 Å². The number of hydrogen-bond donors (Lipinski definition) is 3. The van der Waals surface area contributed by atoms with Crippen molar-refractivity contribution in [3.63, 3.8) is 0 Å². The SMILES string of the molecule is CCCN=C(NN)NC1CCOC1C. The van der Waals surface area contributed by atoms with Crippen molar-refractivity contribution in [2.75, 3.05) is 13.2 Å². The Bertz CT molecular complexity index is 195. The predicted octanol–water partition coefficient (Wildman–Crippen LogP) is -0.0173. The van der Waals surface area contributed by atoms with E-state index in [1.165, 1.54) is 0 Å². The highest BCUT2D eigenvalue weighted by molar-refractivity contribution is 5.79. The van der Waals surface area contributed by atoms with Crippen LogP contribution in [0.15, 0.2) is 4.99 Å². The fraction of sp³-hybridized carbons (Fsp3) is 0.889. The maximum atomic E-state index is 5.43. The minimum atomic E-state index is 0.232. The molecule has 2 unspecified atom stereocenters. The van der Waals surface area contributed by atoms with Gasteiger partial charge >= 0.3 is 0 Å². The Balaban J connectivity index is 2.39. The quantitative estimate of drug-likeness (QED) is 0.259. The van der Waals surface area contributed by atoms with Crippen molar-refractivity contribution < 1.29 is 4.74 Å². The Morgan fingerprint density at radius 2 is 2.43 bits per heavy atom. The van der Waals surface area contributed by atoms with Crippen molar-refractivity contribution in [3.05, 3.63) is 0 Å². The van der Waals surface area contributed by atoms with Crippen LogP contribution in [0.1, 0.15) is 26.7 Å². The lowest BCUT2D eigenvalue weighted by Crippen LogP contribution is -2.48. The molecule has 0 saturated carbocycles. The Morgan fingerprint density at radius 3 is 2.93 bits per heavy atom. The molecular weight excluding hydrogens is 180 g/mol. The standard InChI is InChI=1S/C9H20N4O/c1-3-5-11-9(13-10)12-8-4-6-14-7(8)2/h7-8H,3-6,10H2,1-2H3,(H2,11,12,13). The van der Waals surface area contributed by atoms with Gasteiger partial charge in [-0.25, -0.2) is 5.84 Å². The summed E-state index contributed by atoms with van der Waals surface area (Å²) in [6.45, 7) is 5.73. The van der Waals surface area contributed by atoms with Crippen LogP contribution in [-0.4, -0.2) is 31.3 Å². The molecule has 0 aromatic carbocycles. The van der Waals surface area contributed by atoms with E-state index in [0.717, 1.165) is 26.0 Å². The maximum absolute atomic E-state index is 5.43. The molecule has 1 saturated heterocycles. The van der Waals surface area contributed by atoms with Crippen LogP contribution in [0.3, 0.4) is 0 Å². The highest BCUT2D eigenvalue weighted by Crippen LogP contribution is 2.11. The first-order chi connectivity index (χ1) is 6.77. The number of guanidine groups is 1. The van der Waals surface area contributed by atoms with Gasteiger partial charge in [-0.05, 0) is 19.8 Å². The largest absolute Gasteiger partial charge is 0.376 e. The number of nitrogens with zero attached hydrogens (tertiary/aromatic N) is 1. The van der Waals surface area contributed by atoms with Crippen molar-refractivity contribution in [3.8, 4) is 0 Å². The van der Waals surface area contributed by atoms with Crippen LogP contribution in [-0.2, 0) is 4.74 Å². The third kappa shape index (κ3) is 3.16. The van der Waals surface area contributed by atoms with Crippen LogP contribution in [0.4, 0.5) is 0 Å². The molecule has 0 aromatic rings. The second kappa shape index (κ2) is 5.82. The molecule has 14 heavy (non-hydrogen) atoms. The molecule has 0 spiro atoms. The smallest absolute Gasteiger partial charge is 0.206 e. The predicted molar refractivity (Wildman–Crippen MR) is 56.9 cm³/mol. The number of hydrogen-bond acceptors (Lipinski definition) is 3. The monoisotopic (exact) mass is 200 g/mol. The van der Waals surface area contributed by atoms with E-state index in [-0.39, 0.29) is 6.10 Å². The third-order valence-corrected chi connectivity index (χ3v) is 2.33. The second-order valence-electron chi connectivity index (χ2n) is 3.49. The molecule has 1 heterocycles. The van der Waals surface area contributed by atoms with Gasteiger partial charge in [-0.2, -0.15) is 0 Å². The fourth-order valence-corrected chi connectivity index (χ4v) is 1.45. The van der Waals surface area contributed by atoms with Crippen molar-refractivity contribution >= 4 is 5.96 Å². The van der Waals surface area contributed by atoms with Crippen LogP contribution >= 0.6 is 0 Å². The summed E-state index contributed by atoms with van der Waals surface area (Å²) in [5, 5.41) is 3.24. The Labute approximate surface area is 85.1 Å². The van der Waals surface area contributed by atoms with Gasteiger partial charge in [0.25, 0.3) is 0 Å². The summed E-state index contributed by atoms with van der Waals surface area (Å²) in [5.41, 5.74) is 2.57. The molecule has 1 aliphatic rings. The summed E-state index contributed by atoms with van der Waals surface area (Å²) in [5.74, 6) is 6.01. The number of nitrogens with one attached hydrogen (secondary N) is 2. The van der Waals surface area contributed by atoms with Gasteiger partial charge in [0.15, 0.2) is 0 Å². The third-order valence-electron chi connectivity index (χ3n) is 2.33. The zero-order chi connectivity index (χ0) is 10.4. The average Bonchev–Trinajstić information content (AvgIpc) is 2.59. The molecule has 0 bridgehead atoms. The molecule has 2 atom stereocenters. The maximum Gasteiger partial charge on any atom is 0.206 e. The Hall–Kier alpha value is -0.810. The minimum absolute atomic E-state index is 0.232. The van der Waals surface area contributed by atoms with Gasteiger partial charge < -0.3 is 10.1 Å². The van der Waals surface area contributed by atoms with Crippen LogP contribution in [0.2, 0.25) is 0 Å². The topological polar surface area (TPSA) is 71.7 Å². The number of rotatable bonds is 3. The number of nitrogens with two attached hydrogens (primary N) is 1. The lowest BCUT2D eigenvalue weighted by Gasteiger charge is -2.18. The average molecular weight is 200 g/mol. The zero-order valence-corrected chi connectivity index (χ0v) is 8.92. The van der Waals surface area contributed by atoms with Crippen molar-refractivity contribution in [1.82, 2.24) is 10.7 Å².